The Morgan fingerprint density at radius 3 is 2.71 bits per heavy atom. The lowest BCUT2D eigenvalue weighted by Crippen LogP contribution is -2.48. The van der Waals surface area contributed by atoms with Crippen molar-refractivity contribution in [2.24, 2.45) is 0 Å². The van der Waals surface area contributed by atoms with Crippen molar-refractivity contribution in [2.45, 2.75) is 39.3 Å². The summed E-state index contributed by atoms with van der Waals surface area (Å²) in [7, 11) is 1.68. The van der Waals surface area contributed by atoms with Crippen molar-refractivity contribution in [3.05, 3.63) is 53.8 Å². The molecule has 0 fully saturated rings. The molecule has 2 aromatic rings. The normalized spacial score (nSPS) is 16.9. The first-order valence-electron chi connectivity index (χ1n) is 10.2. The molecule has 0 aliphatic carbocycles. The van der Waals surface area contributed by atoms with Crippen molar-refractivity contribution in [1.82, 2.24) is 4.90 Å². The molecule has 0 bridgehead atoms. The van der Waals surface area contributed by atoms with Crippen LogP contribution in [0.15, 0.2) is 42.5 Å². The van der Waals surface area contributed by atoms with E-state index in [0.717, 1.165) is 0 Å². The van der Waals surface area contributed by atoms with Crippen molar-refractivity contribution in [3.8, 4) is 0 Å². The third-order valence-electron chi connectivity index (χ3n) is 5.49. The van der Waals surface area contributed by atoms with Gasteiger partial charge in [0.2, 0.25) is 17.7 Å². The number of nitrogens with zero attached hydrogens (tertiary/aromatic N) is 2. The highest BCUT2D eigenvalue weighted by atomic mass is 19.1. The third-order valence-corrected chi connectivity index (χ3v) is 5.49. The van der Waals surface area contributed by atoms with Crippen molar-refractivity contribution in [1.29, 1.82) is 0 Å². The summed E-state index contributed by atoms with van der Waals surface area (Å²) in [4.78, 5) is 41.1. The quantitative estimate of drug-likeness (QED) is 0.770. The van der Waals surface area contributed by atoms with E-state index < -0.39 is 11.9 Å². The molecule has 2 atom stereocenters. The molecule has 164 valence electrons. The lowest BCUT2D eigenvalue weighted by Gasteiger charge is -2.31. The number of nitrogens with one attached hydrogen (secondary N) is 2. The molecular weight excluding hydrogens is 399 g/mol. The molecule has 0 saturated carbocycles. The van der Waals surface area contributed by atoms with Crippen LogP contribution in [0.2, 0.25) is 0 Å². The van der Waals surface area contributed by atoms with Gasteiger partial charge in [0.25, 0.3) is 0 Å². The van der Waals surface area contributed by atoms with Gasteiger partial charge in [-0.3, -0.25) is 19.3 Å². The Kier molecular flexibility index (Phi) is 6.70. The number of halogens is 1. The molecule has 3 rings (SSSR count). The zero-order valence-electron chi connectivity index (χ0n) is 18.1. The van der Waals surface area contributed by atoms with Crippen LogP contribution in [-0.2, 0) is 14.4 Å². The van der Waals surface area contributed by atoms with Gasteiger partial charge in [0.1, 0.15) is 5.82 Å². The summed E-state index contributed by atoms with van der Waals surface area (Å²) in [6.07, 6.45) is 0.180. The Hall–Kier alpha value is -3.26. The number of likely N-dealkylation sites (N-methyl/N-ethyl adjacent to an activating group) is 1. The third kappa shape index (κ3) is 5.08. The second-order valence-corrected chi connectivity index (χ2v) is 7.93. The highest BCUT2D eigenvalue weighted by Crippen LogP contribution is 2.31. The number of rotatable bonds is 5. The molecular formula is C23H27FN4O3. The summed E-state index contributed by atoms with van der Waals surface area (Å²) < 4.78 is 13.7. The number of amides is 3. The first kappa shape index (κ1) is 22.4. The second-order valence-electron chi connectivity index (χ2n) is 7.93. The fourth-order valence-electron chi connectivity index (χ4n) is 3.51. The van der Waals surface area contributed by atoms with E-state index in [0.29, 0.717) is 22.6 Å². The molecule has 1 aliphatic heterocycles. The van der Waals surface area contributed by atoms with Gasteiger partial charge in [0.05, 0.1) is 24.0 Å². The van der Waals surface area contributed by atoms with Crippen LogP contribution in [0.1, 0.15) is 25.8 Å². The van der Waals surface area contributed by atoms with Gasteiger partial charge in [-0.15, -0.1) is 0 Å². The molecule has 0 saturated heterocycles. The van der Waals surface area contributed by atoms with Gasteiger partial charge in [-0.25, -0.2) is 4.39 Å². The van der Waals surface area contributed by atoms with Gasteiger partial charge >= 0.3 is 0 Å². The number of fused-ring (bicyclic) bond motifs is 1. The molecule has 2 unspecified atom stereocenters. The molecule has 1 heterocycles. The summed E-state index contributed by atoms with van der Waals surface area (Å²) in [6, 6.07) is 10.7. The van der Waals surface area contributed by atoms with Crippen LogP contribution in [-0.4, -0.2) is 48.3 Å². The molecule has 0 aromatic heterocycles. The van der Waals surface area contributed by atoms with E-state index in [4.69, 9.17) is 0 Å². The van der Waals surface area contributed by atoms with E-state index in [1.165, 1.54) is 6.07 Å². The molecule has 7 nitrogen and oxygen atoms in total. The number of hydrogen-bond acceptors (Lipinski definition) is 4. The first-order chi connectivity index (χ1) is 14.7. The van der Waals surface area contributed by atoms with Gasteiger partial charge < -0.3 is 15.5 Å². The van der Waals surface area contributed by atoms with Crippen LogP contribution in [0.3, 0.4) is 0 Å². The van der Waals surface area contributed by atoms with Gasteiger partial charge in [0, 0.05) is 18.2 Å². The summed E-state index contributed by atoms with van der Waals surface area (Å²) in [5.74, 6) is -1.12. The molecule has 31 heavy (non-hydrogen) atoms. The number of benzene rings is 2. The number of anilines is 3. The number of carbonyl (C=O) groups excluding carboxylic acids is 3. The predicted octanol–water partition coefficient (Wildman–Crippen LogP) is 3.16. The van der Waals surface area contributed by atoms with E-state index in [-0.39, 0.29) is 36.7 Å². The number of hydrogen-bond donors (Lipinski definition) is 2. The van der Waals surface area contributed by atoms with Crippen molar-refractivity contribution >= 4 is 34.8 Å². The van der Waals surface area contributed by atoms with Gasteiger partial charge in [-0.1, -0.05) is 18.2 Å². The molecule has 0 spiro atoms. The van der Waals surface area contributed by atoms with Crippen LogP contribution < -0.4 is 15.5 Å². The second kappa shape index (κ2) is 9.26. The molecule has 8 heteroatoms. The van der Waals surface area contributed by atoms with Crippen LogP contribution in [0.4, 0.5) is 21.5 Å². The standard InChI is InChI=1S/C23H27FN4O3/c1-14-9-10-17(12-18(14)24)25-23(31)16(3)27(4)13-22(30)28-15(2)11-21(29)26-19-7-5-6-8-20(19)28/h5-10,12,15-16H,11,13H2,1-4H3,(H,25,31)(H,26,29). The van der Waals surface area contributed by atoms with Crippen LogP contribution in [0.25, 0.3) is 0 Å². The minimum absolute atomic E-state index is 0.0241. The lowest BCUT2D eigenvalue weighted by molar-refractivity contribution is -0.123. The minimum Gasteiger partial charge on any atom is -0.325 e. The van der Waals surface area contributed by atoms with E-state index in [2.05, 4.69) is 10.6 Å². The van der Waals surface area contributed by atoms with Crippen molar-refractivity contribution in [3.63, 3.8) is 0 Å². The maximum Gasteiger partial charge on any atom is 0.241 e. The Labute approximate surface area is 181 Å². The minimum atomic E-state index is -0.634. The average molecular weight is 426 g/mol. The fraction of sp³-hybridized carbons (Fsp3) is 0.348. The van der Waals surface area contributed by atoms with Crippen LogP contribution >= 0.6 is 0 Å². The summed E-state index contributed by atoms with van der Waals surface area (Å²) in [6.45, 7) is 5.12. The van der Waals surface area contributed by atoms with E-state index >= 15 is 0 Å². The smallest absolute Gasteiger partial charge is 0.241 e. The fourth-order valence-corrected chi connectivity index (χ4v) is 3.51. The van der Waals surface area contributed by atoms with E-state index in [1.54, 1.807) is 61.0 Å². The zero-order chi connectivity index (χ0) is 22.7. The molecule has 0 radical (unpaired) electrons. The Bertz CT molecular complexity index is 1010. The van der Waals surface area contributed by atoms with E-state index in [1.807, 2.05) is 13.0 Å². The van der Waals surface area contributed by atoms with Crippen LogP contribution in [0.5, 0.6) is 0 Å². The predicted molar refractivity (Wildman–Crippen MR) is 118 cm³/mol. The van der Waals surface area contributed by atoms with Gasteiger partial charge in [0.15, 0.2) is 0 Å². The van der Waals surface area contributed by atoms with Crippen LogP contribution in [0, 0.1) is 12.7 Å². The molecule has 3 amide bonds. The average Bonchev–Trinajstić information content (AvgIpc) is 2.84. The summed E-state index contributed by atoms with van der Waals surface area (Å²) in [5.41, 5.74) is 2.07. The molecule has 2 aromatic carbocycles. The highest BCUT2D eigenvalue weighted by Gasteiger charge is 2.31. The monoisotopic (exact) mass is 426 g/mol. The first-order valence-corrected chi connectivity index (χ1v) is 10.2. The summed E-state index contributed by atoms with van der Waals surface area (Å²) >= 11 is 0. The number of para-hydroxylation sites is 2. The Morgan fingerprint density at radius 1 is 1.29 bits per heavy atom. The maximum atomic E-state index is 13.7. The van der Waals surface area contributed by atoms with E-state index in [9.17, 15) is 18.8 Å². The Balaban J connectivity index is 1.70. The molecule has 1 aliphatic rings. The van der Waals surface area contributed by atoms with Gasteiger partial charge in [-0.2, -0.15) is 0 Å². The topological polar surface area (TPSA) is 81.8 Å². The molecule has 2 N–H and O–H groups in total. The lowest BCUT2D eigenvalue weighted by atomic mass is 10.1. The SMILES string of the molecule is Cc1ccc(NC(=O)C(C)N(C)CC(=O)N2c3ccccc3NC(=O)CC2C)cc1F. The van der Waals surface area contributed by atoms with Crippen molar-refractivity contribution < 1.29 is 18.8 Å². The van der Waals surface area contributed by atoms with Crippen molar-refractivity contribution in [2.75, 3.05) is 29.1 Å². The van der Waals surface area contributed by atoms with Gasteiger partial charge in [-0.05, 0) is 57.6 Å². The summed E-state index contributed by atoms with van der Waals surface area (Å²) in [5, 5.41) is 5.51. The number of carbonyl (C=O) groups is 3. The zero-order valence-corrected chi connectivity index (χ0v) is 18.1. The number of aryl methyl sites for hydroxylation is 1. The Morgan fingerprint density at radius 2 is 2.00 bits per heavy atom. The highest BCUT2D eigenvalue weighted by molar-refractivity contribution is 6.05. The largest absolute Gasteiger partial charge is 0.325 e. The maximum absolute atomic E-state index is 13.7.